The summed E-state index contributed by atoms with van der Waals surface area (Å²) in [4.78, 5) is 40.8. The van der Waals surface area contributed by atoms with E-state index >= 15 is 0 Å². The topological polar surface area (TPSA) is 76.2 Å². The molecule has 2 heterocycles. The Morgan fingerprint density at radius 2 is 1.83 bits per heavy atom. The van der Waals surface area contributed by atoms with Crippen molar-refractivity contribution in [3.05, 3.63) is 28.7 Å². The second kappa shape index (κ2) is 10.0. The van der Waals surface area contributed by atoms with Crippen LogP contribution in [0.15, 0.2) is 23.1 Å². The SMILES string of the molecule is COc1cc(C=C2SC(=O)N(CC(=O)N3CCCCCC3)C2=O)ccc1OC(C)C. The van der Waals surface area contributed by atoms with Gasteiger partial charge in [-0.15, -0.1) is 0 Å². The zero-order chi connectivity index (χ0) is 21.7. The Bertz CT molecular complexity index is 844. The van der Waals surface area contributed by atoms with Crippen LogP contribution < -0.4 is 9.47 Å². The first-order valence-corrected chi connectivity index (χ1v) is 11.1. The Morgan fingerprint density at radius 1 is 1.13 bits per heavy atom. The summed E-state index contributed by atoms with van der Waals surface area (Å²) in [6.45, 7) is 5.03. The molecule has 1 aromatic rings. The minimum Gasteiger partial charge on any atom is -0.493 e. The summed E-state index contributed by atoms with van der Waals surface area (Å²) in [5.41, 5.74) is 0.715. The van der Waals surface area contributed by atoms with E-state index in [1.54, 1.807) is 36.3 Å². The standard InChI is InChI=1S/C22H28N2O5S/c1-15(2)29-17-9-8-16(12-18(17)28-3)13-19-21(26)24(22(27)30-19)14-20(25)23-10-6-4-5-7-11-23/h8-9,12-13,15H,4-7,10-11,14H2,1-3H3. The van der Waals surface area contributed by atoms with Gasteiger partial charge in [-0.25, -0.2) is 0 Å². The highest BCUT2D eigenvalue weighted by molar-refractivity contribution is 8.18. The van der Waals surface area contributed by atoms with Crippen molar-refractivity contribution < 1.29 is 23.9 Å². The number of hydrogen-bond acceptors (Lipinski definition) is 6. The van der Waals surface area contributed by atoms with Gasteiger partial charge in [0.05, 0.1) is 18.1 Å². The smallest absolute Gasteiger partial charge is 0.294 e. The molecule has 7 nitrogen and oxygen atoms in total. The van der Waals surface area contributed by atoms with E-state index in [4.69, 9.17) is 9.47 Å². The molecule has 0 atom stereocenters. The summed E-state index contributed by atoms with van der Waals surface area (Å²) in [5, 5.41) is -0.416. The first kappa shape index (κ1) is 22.2. The van der Waals surface area contributed by atoms with Crippen LogP contribution in [0.1, 0.15) is 45.1 Å². The van der Waals surface area contributed by atoms with Crippen molar-refractivity contribution in [2.75, 3.05) is 26.7 Å². The van der Waals surface area contributed by atoms with E-state index in [0.29, 0.717) is 35.1 Å². The predicted molar refractivity (Wildman–Crippen MR) is 116 cm³/mol. The Kier molecular flexibility index (Phi) is 7.42. The van der Waals surface area contributed by atoms with Crippen LogP contribution in [0.4, 0.5) is 4.79 Å². The fraction of sp³-hybridized carbons (Fsp3) is 0.500. The van der Waals surface area contributed by atoms with Crippen molar-refractivity contribution in [3.8, 4) is 11.5 Å². The van der Waals surface area contributed by atoms with Gasteiger partial charge in [-0.05, 0) is 62.2 Å². The van der Waals surface area contributed by atoms with Gasteiger partial charge in [-0.1, -0.05) is 18.9 Å². The maximum Gasteiger partial charge on any atom is 0.294 e. The Labute approximate surface area is 181 Å². The molecule has 3 amide bonds. The van der Waals surface area contributed by atoms with Gasteiger partial charge in [-0.3, -0.25) is 19.3 Å². The molecule has 0 unspecified atom stereocenters. The molecule has 162 valence electrons. The van der Waals surface area contributed by atoms with Crippen LogP contribution in [-0.2, 0) is 9.59 Å². The Balaban J connectivity index is 1.72. The zero-order valence-corrected chi connectivity index (χ0v) is 18.5. The van der Waals surface area contributed by atoms with Crippen LogP contribution >= 0.6 is 11.8 Å². The lowest BCUT2D eigenvalue weighted by atomic mass is 10.2. The highest BCUT2D eigenvalue weighted by Gasteiger charge is 2.37. The summed E-state index contributed by atoms with van der Waals surface area (Å²) < 4.78 is 11.1. The van der Waals surface area contributed by atoms with Crippen molar-refractivity contribution in [2.45, 2.75) is 45.6 Å². The van der Waals surface area contributed by atoms with Crippen LogP contribution in [0.3, 0.4) is 0 Å². The van der Waals surface area contributed by atoms with Gasteiger partial charge in [0.1, 0.15) is 6.54 Å². The fourth-order valence-corrected chi connectivity index (χ4v) is 4.31. The van der Waals surface area contributed by atoms with Gasteiger partial charge in [0, 0.05) is 13.1 Å². The first-order chi connectivity index (χ1) is 14.4. The number of carbonyl (C=O) groups is 3. The van der Waals surface area contributed by atoms with E-state index in [9.17, 15) is 14.4 Å². The lowest BCUT2D eigenvalue weighted by Gasteiger charge is -2.22. The molecule has 0 aliphatic carbocycles. The molecule has 0 N–H and O–H groups in total. The molecule has 0 spiro atoms. The number of hydrogen-bond donors (Lipinski definition) is 0. The largest absolute Gasteiger partial charge is 0.493 e. The van der Waals surface area contributed by atoms with E-state index in [-0.39, 0.29) is 18.6 Å². The predicted octanol–water partition coefficient (Wildman–Crippen LogP) is 3.92. The molecule has 0 saturated carbocycles. The zero-order valence-electron chi connectivity index (χ0n) is 17.7. The molecule has 30 heavy (non-hydrogen) atoms. The summed E-state index contributed by atoms with van der Waals surface area (Å²) >= 11 is 0.853. The maximum absolute atomic E-state index is 12.8. The molecule has 2 fully saturated rings. The minimum atomic E-state index is -0.436. The monoisotopic (exact) mass is 432 g/mol. The number of imide groups is 1. The number of rotatable bonds is 6. The quantitative estimate of drug-likeness (QED) is 0.634. The van der Waals surface area contributed by atoms with Gasteiger partial charge >= 0.3 is 0 Å². The van der Waals surface area contributed by atoms with Crippen LogP contribution in [0.5, 0.6) is 11.5 Å². The second-order valence-corrected chi connectivity index (χ2v) is 8.63. The number of ether oxygens (including phenoxy) is 2. The molecule has 1 aromatic carbocycles. The molecular weight excluding hydrogens is 404 g/mol. The van der Waals surface area contributed by atoms with Crippen molar-refractivity contribution in [1.29, 1.82) is 0 Å². The Hall–Kier alpha value is -2.48. The van der Waals surface area contributed by atoms with Gasteiger partial charge in [0.2, 0.25) is 5.91 Å². The third-order valence-electron chi connectivity index (χ3n) is 4.97. The number of nitrogens with zero attached hydrogens (tertiary/aromatic N) is 2. The van der Waals surface area contributed by atoms with E-state index in [0.717, 1.165) is 42.3 Å². The number of amides is 3. The average molecular weight is 433 g/mol. The lowest BCUT2D eigenvalue weighted by Crippen LogP contribution is -2.42. The van der Waals surface area contributed by atoms with Gasteiger partial charge in [0.15, 0.2) is 11.5 Å². The van der Waals surface area contributed by atoms with E-state index < -0.39 is 11.1 Å². The highest BCUT2D eigenvalue weighted by Crippen LogP contribution is 2.34. The van der Waals surface area contributed by atoms with E-state index in [1.807, 2.05) is 13.8 Å². The molecule has 3 rings (SSSR count). The Morgan fingerprint density at radius 3 is 2.47 bits per heavy atom. The van der Waals surface area contributed by atoms with Crippen molar-refractivity contribution in [3.63, 3.8) is 0 Å². The molecule has 8 heteroatoms. The third-order valence-corrected chi connectivity index (χ3v) is 5.88. The van der Waals surface area contributed by atoms with Crippen LogP contribution in [0.2, 0.25) is 0 Å². The maximum atomic E-state index is 12.8. The molecule has 0 radical (unpaired) electrons. The fourth-order valence-electron chi connectivity index (χ4n) is 3.47. The van der Waals surface area contributed by atoms with Gasteiger partial charge in [0.25, 0.3) is 11.1 Å². The summed E-state index contributed by atoms with van der Waals surface area (Å²) in [7, 11) is 1.55. The average Bonchev–Trinajstić information content (AvgIpc) is 2.91. The molecular formula is C22H28N2O5S. The lowest BCUT2D eigenvalue weighted by molar-refractivity contribution is -0.135. The molecule has 0 aromatic heterocycles. The normalized spacial score (nSPS) is 18.9. The van der Waals surface area contributed by atoms with Gasteiger partial charge in [-0.2, -0.15) is 0 Å². The number of benzene rings is 1. The third kappa shape index (κ3) is 5.36. The van der Waals surface area contributed by atoms with Crippen molar-refractivity contribution in [1.82, 2.24) is 9.80 Å². The summed E-state index contributed by atoms with van der Waals surface area (Å²) in [5.74, 6) is 0.556. The van der Waals surface area contributed by atoms with E-state index in [2.05, 4.69) is 0 Å². The highest BCUT2D eigenvalue weighted by atomic mass is 32.2. The van der Waals surface area contributed by atoms with Gasteiger partial charge < -0.3 is 14.4 Å². The first-order valence-electron chi connectivity index (χ1n) is 10.3. The van der Waals surface area contributed by atoms with Crippen molar-refractivity contribution in [2.24, 2.45) is 0 Å². The summed E-state index contributed by atoms with van der Waals surface area (Å²) in [6.07, 6.45) is 5.79. The van der Waals surface area contributed by atoms with Crippen molar-refractivity contribution >= 4 is 34.9 Å². The number of likely N-dealkylation sites (tertiary alicyclic amines) is 1. The molecule has 2 aliphatic rings. The minimum absolute atomic E-state index is 0.00277. The van der Waals surface area contributed by atoms with Crippen LogP contribution in [0.25, 0.3) is 6.08 Å². The number of carbonyl (C=O) groups excluding carboxylic acids is 3. The summed E-state index contributed by atoms with van der Waals surface area (Å²) in [6, 6.07) is 5.34. The number of thioether (sulfide) groups is 1. The molecule has 2 saturated heterocycles. The number of methoxy groups -OCH3 is 1. The second-order valence-electron chi connectivity index (χ2n) is 7.64. The van der Waals surface area contributed by atoms with Crippen LogP contribution in [-0.4, -0.2) is 59.7 Å². The molecule has 2 aliphatic heterocycles. The van der Waals surface area contributed by atoms with Crippen LogP contribution in [0, 0.1) is 0 Å². The molecule has 0 bridgehead atoms. The van der Waals surface area contributed by atoms with E-state index in [1.165, 1.54) is 0 Å².